The molecule has 0 unspecified atom stereocenters. The Morgan fingerprint density at radius 2 is 1.69 bits per heavy atom. The van der Waals surface area contributed by atoms with Crippen LogP contribution in [0.5, 0.6) is 5.75 Å². The molecule has 4 aromatic rings. The minimum atomic E-state index is -0.184. The van der Waals surface area contributed by atoms with Crippen molar-refractivity contribution >= 4 is 11.9 Å². The van der Waals surface area contributed by atoms with E-state index in [1.807, 2.05) is 35.0 Å². The van der Waals surface area contributed by atoms with Gasteiger partial charge in [-0.15, -0.1) is 0 Å². The molecule has 0 N–H and O–H groups in total. The van der Waals surface area contributed by atoms with Crippen LogP contribution in [0.1, 0.15) is 45.6 Å². The van der Waals surface area contributed by atoms with E-state index >= 15 is 0 Å². The first-order chi connectivity index (χ1) is 15.7. The maximum atomic E-state index is 13.8. The van der Waals surface area contributed by atoms with Gasteiger partial charge in [0.2, 0.25) is 5.95 Å². The molecule has 1 aromatic heterocycles. The zero-order valence-electron chi connectivity index (χ0n) is 18.1. The van der Waals surface area contributed by atoms with Gasteiger partial charge in [-0.25, -0.2) is 4.68 Å². The van der Waals surface area contributed by atoms with E-state index < -0.39 is 0 Å². The number of hydrogen-bond donors (Lipinski definition) is 0. The van der Waals surface area contributed by atoms with Gasteiger partial charge in [0.1, 0.15) is 12.1 Å². The van der Waals surface area contributed by atoms with Crippen LogP contribution in [0.2, 0.25) is 0 Å². The second kappa shape index (κ2) is 8.30. The van der Waals surface area contributed by atoms with E-state index in [1.54, 1.807) is 24.1 Å². The molecule has 5 rings (SSSR count). The van der Waals surface area contributed by atoms with Crippen LogP contribution in [-0.2, 0) is 0 Å². The Morgan fingerprint density at radius 3 is 2.44 bits per heavy atom. The number of anilines is 1. The van der Waals surface area contributed by atoms with Gasteiger partial charge in [-0.05, 0) is 42.7 Å². The predicted octanol–water partition coefficient (Wildman–Crippen LogP) is 4.98. The molecule has 1 aliphatic heterocycles. The Bertz CT molecular complexity index is 1230. The Balaban J connectivity index is 1.64. The number of aromatic nitrogens is 3. The molecule has 2 heterocycles. The van der Waals surface area contributed by atoms with Crippen LogP contribution < -0.4 is 9.64 Å². The minimum absolute atomic E-state index is 0.0191. The van der Waals surface area contributed by atoms with Gasteiger partial charge >= 0.3 is 0 Å². The van der Waals surface area contributed by atoms with Gasteiger partial charge < -0.3 is 4.74 Å². The molecule has 2 atom stereocenters. The van der Waals surface area contributed by atoms with Crippen molar-refractivity contribution in [3.05, 3.63) is 107 Å². The van der Waals surface area contributed by atoms with Crippen molar-refractivity contribution in [1.82, 2.24) is 14.8 Å². The number of carbonyl (C=O) groups is 1. The number of methoxy groups -OCH3 is 1. The van der Waals surface area contributed by atoms with Crippen LogP contribution in [0.25, 0.3) is 0 Å². The Kier molecular flexibility index (Phi) is 5.19. The van der Waals surface area contributed by atoms with Crippen LogP contribution in [0, 0.1) is 6.92 Å². The molecule has 6 heteroatoms. The lowest BCUT2D eigenvalue weighted by molar-refractivity contribution is 0.0963. The molecule has 0 saturated carbocycles. The molecule has 0 fully saturated rings. The summed E-state index contributed by atoms with van der Waals surface area (Å²) < 4.78 is 7.20. The lowest BCUT2D eigenvalue weighted by Crippen LogP contribution is -2.42. The molecule has 160 valence electrons. The zero-order valence-corrected chi connectivity index (χ0v) is 18.1. The second-order valence-electron chi connectivity index (χ2n) is 8.00. The van der Waals surface area contributed by atoms with Crippen LogP contribution in [-0.4, -0.2) is 27.8 Å². The summed E-state index contributed by atoms with van der Waals surface area (Å²) in [5.41, 5.74) is 3.94. The van der Waals surface area contributed by atoms with E-state index in [9.17, 15) is 4.79 Å². The first-order valence-corrected chi connectivity index (χ1v) is 10.6. The van der Waals surface area contributed by atoms with Gasteiger partial charge in [0, 0.05) is 5.56 Å². The summed E-state index contributed by atoms with van der Waals surface area (Å²) in [6.45, 7) is 2.06. The number of ether oxygens (including phenoxy) is 1. The summed E-state index contributed by atoms with van der Waals surface area (Å²) in [7, 11) is 1.60. The number of benzene rings is 3. The van der Waals surface area contributed by atoms with Crippen LogP contribution in [0.15, 0.2) is 85.2 Å². The van der Waals surface area contributed by atoms with E-state index in [2.05, 4.69) is 53.4 Å². The maximum Gasteiger partial charge on any atom is 0.261 e. The van der Waals surface area contributed by atoms with Crippen molar-refractivity contribution in [3.63, 3.8) is 0 Å². The largest absolute Gasteiger partial charge is 0.497 e. The SMILES string of the molecule is COc1cccc(C(=O)N2c3ncnn3[C@@H](c3ccccc3)C[C@@H]2c2ccc(C)cc2)c1. The Labute approximate surface area is 187 Å². The summed E-state index contributed by atoms with van der Waals surface area (Å²) in [5.74, 6) is 1.06. The maximum absolute atomic E-state index is 13.8. The molecule has 0 bridgehead atoms. The molecule has 0 aliphatic carbocycles. The number of rotatable bonds is 4. The average Bonchev–Trinajstić information content (AvgIpc) is 3.33. The van der Waals surface area contributed by atoms with Gasteiger partial charge in [0.25, 0.3) is 5.91 Å². The number of nitrogens with zero attached hydrogens (tertiary/aromatic N) is 4. The third-order valence-corrected chi connectivity index (χ3v) is 6.01. The fourth-order valence-corrected chi connectivity index (χ4v) is 4.35. The van der Waals surface area contributed by atoms with Gasteiger partial charge in [0.15, 0.2) is 0 Å². The highest BCUT2D eigenvalue weighted by Crippen LogP contribution is 2.42. The summed E-state index contributed by atoms with van der Waals surface area (Å²) in [5, 5.41) is 4.50. The summed E-state index contributed by atoms with van der Waals surface area (Å²) in [6.07, 6.45) is 2.22. The zero-order chi connectivity index (χ0) is 22.1. The standard InChI is InChI=1S/C26H24N4O2/c1-18-11-13-20(14-12-18)23-16-24(19-7-4-3-5-8-19)30-26(27-17-28-30)29(23)25(31)21-9-6-10-22(15-21)32-2/h3-15,17,23-24H,16H2,1-2H3/t23-,24-/m1/s1. The molecule has 0 spiro atoms. The number of fused-ring (bicyclic) bond motifs is 1. The number of hydrogen-bond acceptors (Lipinski definition) is 4. The van der Waals surface area contributed by atoms with Crippen molar-refractivity contribution < 1.29 is 9.53 Å². The van der Waals surface area contributed by atoms with E-state index in [-0.39, 0.29) is 18.0 Å². The fraction of sp³-hybridized carbons (Fsp3) is 0.192. The highest BCUT2D eigenvalue weighted by molar-refractivity contribution is 6.06. The van der Waals surface area contributed by atoms with Crippen LogP contribution >= 0.6 is 0 Å². The highest BCUT2D eigenvalue weighted by Gasteiger charge is 2.39. The van der Waals surface area contributed by atoms with Crippen LogP contribution in [0.3, 0.4) is 0 Å². The van der Waals surface area contributed by atoms with Crippen LogP contribution in [0.4, 0.5) is 5.95 Å². The van der Waals surface area contributed by atoms with Crippen molar-refractivity contribution in [1.29, 1.82) is 0 Å². The summed E-state index contributed by atoms with van der Waals surface area (Å²) in [4.78, 5) is 20.1. The van der Waals surface area contributed by atoms with E-state index in [0.29, 0.717) is 23.7 Å². The average molecular weight is 425 g/mol. The quantitative estimate of drug-likeness (QED) is 0.464. The van der Waals surface area contributed by atoms with Crippen molar-refractivity contribution in [2.75, 3.05) is 12.0 Å². The summed E-state index contributed by atoms with van der Waals surface area (Å²) in [6, 6.07) is 25.6. The van der Waals surface area contributed by atoms with E-state index in [1.165, 1.54) is 11.9 Å². The predicted molar refractivity (Wildman–Crippen MR) is 123 cm³/mol. The Hall–Kier alpha value is -3.93. The Morgan fingerprint density at radius 1 is 0.938 bits per heavy atom. The lowest BCUT2D eigenvalue weighted by atomic mass is 9.91. The fourth-order valence-electron chi connectivity index (χ4n) is 4.35. The molecule has 0 radical (unpaired) electrons. The molecular formula is C26H24N4O2. The van der Waals surface area contributed by atoms with Crippen molar-refractivity contribution in [3.8, 4) is 5.75 Å². The first kappa shape index (κ1) is 20.0. The third kappa shape index (κ3) is 3.54. The minimum Gasteiger partial charge on any atom is -0.497 e. The van der Waals surface area contributed by atoms with E-state index in [0.717, 1.165) is 11.1 Å². The molecule has 0 saturated heterocycles. The first-order valence-electron chi connectivity index (χ1n) is 10.6. The third-order valence-electron chi connectivity index (χ3n) is 6.01. The van der Waals surface area contributed by atoms with Gasteiger partial charge in [-0.1, -0.05) is 66.2 Å². The van der Waals surface area contributed by atoms with Gasteiger partial charge in [-0.2, -0.15) is 10.1 Å². The molecule has 32 heavy (non-hydrogen) atoms. The lowest BCUT2D eigenvalue weighted by Gasteiger charge is -2.39. The molecule has 1 amide bonds. The van der Waals surface area contributed by atoms with Gasteiger partial charge in [0.05, 0.1) is 19.2 Å². The summed E-state index contributed by atoms with van der Waals surface area (Å²) >= 11 is 0. The topological polar surface area (TPSA) is 60.2 Å². The monoisotopic (exact) mass is 424 g/mol. The molecule has 3 aromatic carbocycles. The number of amides is 1. The van der Waals surface area contributed by atoms with Crippen molar-refractivity contribution in [2.45, 2.75) is 25.4 Å². The molecular weight excluding hydrogens is 400 g/mol. The molecule has 6 nitrogen and oxygen atoms in total. The molecule has 1 aliphatic rings. The van der Waals surface area contributed by atoms with E-state index in [4.69, 9.17) is 4.74 Å². The number of carbonyl (C=O) groups excluding carboxylic acids is 1. The number of aryl methyl sites for hydroxylation is 1. The second-order valence-corrected chi connectivity index (χ2v) is 8.00. The smallest absolute Gasteiger partial charge is 0.261 e. The van der Waals surface area contributed by atoms with Gasteiger partial charge in [-0.3, -0.25) is 9.69 Å². The normalized spacial score (nSPS) is 17.6. The highest BCUT2D eigenvalue weighted by atomic mass is 16.5. The van der Waals surface area contributed by atoms with Crippen molar-refractivity contribution in [2.24, 2.45) is 0 Å².